The number of amides is 2. The standard InChI is InChI=1S/C16H14BrFN2O/c17-14-7-5-12(6-8-14)11-20-16(21)19-10-9-13-3-1-2-4-15(13)18/h1-10H,11H2,(H2,19,20,21)/b10-9+. The fourth-order valence-corrected chi connectivity index (χ4v) is 1.92. The van der Waals surface area contributed by atoms with Crippen molar-refractivity contribution < 1.29 is 9.18 Å². The molecule has 0 saturated heterocycles. The molecule has 2 aromatic rings. The van der Waals surface area contributed by atoms with Crippen LogP contribution in [-0.2, 0) is 6.54 Å². The Morgan fingerprint density at radius 1 is 1.14 bits per heavy atom. The van der Waals surface area contributed by atoms with E-state index >= 15 is 0 Å². The van der Waals surface area contributed by atoms with Crippen molar-refractivity contribution in [3.63, 3.8) is 0 Å². The van der Waals surface area contributed by atoms with E-state index in [1.165, 1.54) is 18.3 Å². The van der Waals surface area contributed by atoms with Gasteiger partial charge in [-0.15, -0.1) is 0 Å². The summed E-state index contributed by atoms with van der Waals surface area (Å²) < 4.78 is 14.3. The van der Waals surface area contributed by atoms with Crippen LogP contribution in [0.25, 0.3) is 6.08 Å². The van der Waals surface area contributed by atoms with Crippen LogP contribution in [0.3, 0.4) is 0 Å². The molecule has 0 spiro atoms. The predicted octanol–water partition coefficient (Wildman–Crippen LogP) is 4.06. The summed E-state index contributed by atoms with van der Waals surface area (Å²) in [6.07, 6.45) is 2.92. The molecule has 3 nitrogen and oxygen atoms in total. The minimum absolute atomic E-state index is 0.328. The number of halogens is 2. The van der Waals surface area contributed by atoms with E-state index in [9.17, 15) is 9.18 Å². The van der Waals surface area contributed by atoms with Crippen LogP contribution in [0.4, 0.5) is 9.18 Å². The van der Waals surface area contributed by atoms with Crippen LogP contribution in [0, 0.1) is 5.82 Å². The SMILES string of the molecule is O=C(N/C=C/c1ccccc1F)NCc1ccc(Br)cc1. The third kappa shape index (κ3) is 5.04. The molecule has 0 aliphatic carbocycles. The molecule has 0 unspecified atom stereocenters. The largest absolute Gasteiger partial charge is 0.334 e. The van der Waals surface area contributed by atoms with Crippen molar-refractivity contribution in [3.05, 3.63) is 76.1 Å². The monoisotopic (exact) mass is 348 g/mol. The Morgan fingerprint density at radius 3 is 2.57 bits per heavy atom. The van der Waals surface area contributed by atoms with Gasteiger partial charge in [0.2, 0.25) is 0 Å². The number of nitrogens with one attached hydrogen (secondary N) is 2. The van der Waals surface area contributed by atoms with Crippen LogP contribution in [0.2, 0.25) is 0 Å². The lowest BCUT2D eigenvalue weighted by Gasteiger charge is -2.05. The number of hydrogen-bond donors (Lipinski definition) is 2. The summed E-state index contributed by atoms with van der Waals surface area (Å²) >= 11 is 3.35. The summed E-state index contributed by atoms with van der Waals surface area (Å²) in [5, 5.41) is 5.24. The topological polar surface area (TPSA) is 41.1 Å². The highest BCUT2D eigenvalue weighted by Gasteiger charge is 1.99. The third-order valence-electron chi connectivity index (χ3n) is 2.75. The molecular formula is C16H14BrFN2O. The smallest absolute Gasteiger partial charge is 0.319 e. The van der Waals surface area contributed by atoms with Crippen molar-refractivity contribution in [1.29, 1.82) is 0 Å². The highest BCUT2D eigenvalue weighted by atomic mass is 79.9. The van der Waals surface area contributed by atoms with Gasteiger partial charge < -0.3 is 10.6 Å². The molecule has 2 aromatic carbocycles. The molecular weight excluding hydrogens is 335 g/mol. The van der Waals surface area contributed by atoms with E-state index in [1.807, 2.05) is 24.3 Å². The van der Waals surface area contributed by atoms with Crippen molar-refractivity contribution in [2.24, 2.45) is 0 Å². The van der Waals surface area contributed by atoms with Gasteiger partial charge in [-0.05, 0) is 29.8 Å². The van der Waals surface area contributed by atoms with Crippen molar-refractivity contribution in [1.82, 2.24) is 10.6 Å². The lowest BCUT2D eigenvalue weighted by molar-refractivity contribution is 0.244. The van der Waals surface area contributed by atoms with Crippen LogP contribution in [0.5, 0.6) is 0 Å². The van der Waals surface area contributed by atoms with Crippen LogP contribution in [0.1, 0.15) is 11.1 Å². The molecule has 2 N–H and O–H groups in total. The summed E-state index contributed by atoms with van der Waals surface area (Å²) in [7, 11) is 0. The van der Waals surface area contributed by atoms with Gasteiger partial charge >= 0.3 is 6.03 Å². The van der Waals surface area contributed by atoms with Gasteiger partial charge in [0.15, 0.2) is 0 Å². The Bertz CT molecular complexity index is 641. The zero-order chi connectivity index (χ0) is 15.1. The molecule has 2 rings (SSSR count). The van der Waals surface area contributed by atoms with Crippen LogP contribution in [-0.4, -0.2) is 6.03 Å². The summed E-state index contributed by atoms with van der Waals surface area (Å²) in [4.78, 5) is 11.6. The van der Waals surface area contributed by atoms with Gasteiger partial charge in [-0.3, -0.25) is 0 Å². The van der Waals surface area contributed by atoms with Crippen LogP contribution < -0.4 is 10.6 Å². The zero-order valence-electron chi connectivity index (χ0n) is 11.1. The van der Waals surface area contributed by atoms with Gasteiger partial charge in [-0.1, -0.05) is 46.3 Å². The number of carbonyl (C=O) groups excluding carboxylic acids is 1. The fourth-order valence-electron chi connectivity index (χ4n) is 1.65. The molecule has 0 aliphatic heterocycles. The Hall–Kier alpha value is -2.14. The highest BCUT2D eigenvalue weighted by Crippen LogP contribution is 2.10. The van der Waals surface area contributed by atoms with Crippen LogP contribution >= 0.6 is 15.9 Å². The first-order valence-electron chi connectivity index (χ1n) is 6.35. The van der Waals surface area contributed by atoms with Gasteiger partial charge in [0.05, 0.1) is 0 Å². The van der Waals surface area contributed by atoms with Crippen molar-refractivity contribution in [2.45, 2.75) is 6.54 Å². The molecule has 0 heterocycles. The fraction of sp³-hybridized carbons (Fsp3) is 0.0625. The quantitative estimate of drug-likeness (QED) is 0.859. The van der Waals surface area contributed by atoms with E-state index in [0.717, 1.165) is 10.0 Å². The van der Waals surface area contributed by atoms with Gasteiger partial charge in [0.25, 0.3) is 0 Å². The first-order chi connectivity index (χ1) is 10.1. The van der Waals surface area contributed by atoms with Gasteiger partial charge in [-0.25, -0.2) is 9.18 Å². The van der Waals surface area contributed by atoms with E-state index in [4.69, 9.17) is 0 Å². The summed E-state index contributed by atoms with van der Waals surface area (Å²) in [5.41, 5.74) is 1.41. The van der Waals surface area contributed by atoms with E-state index in [-0.39, 0.29) is 11.8 Å². The highest BCUT2D eigenvalue weighted by molar-refractivity contribution is 9.10. The molecule has 0 radical (unpaired) electrons. The number of benzene rings is 2. The average molecular weight is 349 g/mol. The van der Waals surface area contributed by atoms with Crippen molar-refractivity contribution in [2.75, 3.05) is 0 Å². The minimum Gasteiger partial charge on any atom is -0.334 e. The lowest BCUT2D eigenvalue weighted by atomic mass is 10.2. The molecule has 0 bridgehead atoms. The molecule has 2 amide bonds. The van der Waals surface area contributed by atoms with E-state index in [2.05, 4.69) is 26.6 Å². The molecule has 0 aromatic heterocycles. The normalized spacial score (nSPS) is 10.6. The van der Waals surface area contributed by atoms with E-state index in [1.54, 1.807) is 18.2 Å². The second-order valence-electron chi connectivity index (χ2n) is 4.31. The number of rotatable bonds is 4. The average Bonchev–Trinajstić information content (AvgIpc) is 2.49. The molecule has 0 atom stereocenters. The summed E-state index contributed by atoms with van der Waals surface area (Å²) in [6, 6.07) is 13.7. The predicted molar refractivity (Wildman–Crippen MR) is 84.9 cm³/mol. The Kier molecular flexibility index (Phi) is 5.51. The van der Waals surface area contributed by atoms with Crippen LogP contribution in [0.15, 0.2) is 59.2 Å². The molecule has 0 aliphatic rings. The number of hydrogen-bond acceptors (Lipinski definition) is 1. The summed E-state index contributed by atoms with van der Waals surface area (Å²) in [5.74, 6) is -0.328. The Labute approximate surface area is 131 Å². The molecule has 0 saturated carbocycles. The van der Waals surface area contributed by atoms with E-state index in [0.29, 0.717) is 12.1 Å². The number of urea groups is 1. The Morgan fingerprint density at radius 2 is 1.86 bits per heavy atom. The van der Waals surface area contributed by atoms with E-state index < -0.39 is 0 Å². The van der Waals surface area contributed by atoms with Crippen molar-refractivity contribution >= 4 is 28.0 Å². The molecule has 0 fully saturated rings. The third-order valence-corrected chi connectivity index (χ3v) is 3.28. The lowest BCUT2D eigenvalue weighted by Crippen LogP contribution is -2.31. The number of carbonyl (C=O) groups is 1. The van der Waals surface area contributed by atoms with Gasteiger partial charge in [-0.2, -0.15) is 0 Å². The first-order valence-corrected chi connectivity index (χ1v) is 7.14. The van der Waals surface area contributed by atoms with Gasteiger partial charge in [0.1, 0.15) is 5.82 Å². The maximum atomic E-state index is 13.3. The molecule has 5 heteroatoms. The van der Waals surface area contributed by atoms with Crippen molar-refractivity contribution in [3.8, 4) is 0 Å². The molecule has 108 valence electrons. The maximum Gasteiger partial charge on any atom is 0.319 e. The summed E-state index contributed by atoms with van der Waals surface area (Å²) in [6.45, 7) is 0.423. The first kappa shape index (κ1) is 15.3. The van der Waals surface area contributed by atoms with Gasteiger partial charge in [0, 0.05) is 22.8 Å². The minimum atomic E-state index is -0.342. The second kappa shape index (κ2) is 7.59. The second-order valence-corrected chi connectivity index (χ2v) is 5.22. The molecule has 21 heavy (non-hydrogen) atoms. The zero-order valence-corrected chi connectivity index (χ0v) is 12.7. The Balaban J connectivity index is 1.80. The maximum absolute atomic E-state index is 13.3.